The van der Waals surface area contributed by atoms with Crippen molar-refractivity contribution >= 4 is 52.0 Å². The predicted molar refractivity (Wildman–Crippen MR) is 112 cm³/mol. The molecule has 0 spiro atoms. The minimum absolute atomic E-state index is 0.215. The summed E-state index contributed by atoms with van der Waals surface area (Å²) in [5, 5.41) is 9.57. The Morgan fingerprint density at radius 2 is 2.04 bits per heavy atom. The predicted octanol–water partition coefficient (Wildman–Crippen LogP) is 3.05. The van der Waals surface area contributed by atoms with Gasteiger partial charge in [0, 0.05) is 11.8 Å². The van der Waals surface area contributed by atoms with Crippen molar-refractivity contribution in [3.8, 4) is 5.75 Å². The standard InChI is InChI=1S/C19H17IN4O3/c1-12-15(19(26)24(23-12)14-6-4-3-5-7-14)11-21-22-18(25)13-8-9-16(20)17(10-13)27-2/h3-11,15H,1-2H3,(H,22,25)/b21-11+. The van der Waals surface area contributed by atoms with Crippen molar-refractivity contribution < 1.29 is 14.3 Å². The summed E-state index contributed by atoms with van der Waals surface area (Å²) in [6.07, 6.45) is 1.39. The molecule has 27 heavy (non-hydrogen) atoms. The number of benzene rings is 2. The van der Waals surface area contributed by atoms with Gasteiger partial charge in [-0.25, -0.2) is 5.43 Å². The monoisotopic (exact) mass is 476 g/mol. The Morgan fingerprint density at radius 1 is 1.30 bits per heavy atom. The molecule has 0 aliphatic carbocycles. The molecule has 3 rings (SSSR count). The van der Waals surface area contributed by atoms with Crippen molar-refractivity contribution in [3.05, 3.63) is 57.7 Å². The molecular weight excluding hydrogens is 459 g/mol. The van der Waals surface area contributed by atoms with Crippen LogP contribution in [0.4, 0.5) is 5.69 Å². The van der Waals surface area contributed by atoms with Gasteiger partial charge in [-0.3, -0.25) is 9.59 Å². The van der Waals surface area contributed by atoms with E-state index < -0.39 is 5.92 Å². The summed E-state index contributed by atoms with van der Waals surface area (Å²) in [5.41, 5.74) is 4.15. The van der Waals surface area contributed by atoms with Crippen LogP contribution in [0.15, 0.2) is 58.7 Å². The maximum atomic E-state index is 12.6. The van der Waals surface area contributed by atoms with E-state index in [-0.39, 0.29) is 11.8 Å². The average Bonchev–Trinajstić information content (AvgIpc) is 2.97. The SMILES string of the molecule is COc1cc(C(=O)N/N=C/C2C(=O)N(c3ccccc3)N=C2C)ccc1I. The minimum atomic E-state index is -0.614. The van der Waals surface area contributed by atoms with Gasteiger partial charge in [-0.2, -0.15) is 15.2 Å². The van der Waals surface area contributed by atoms with Gasteiger partial charge in [0.05, 0.1) is 22.1 Å². The maximum absolute atomic E-state index is 12.6. The third-order valence-electron chi connectivity index (χ3n) is 3.99. The molecule has 1 heterocycles. The Hall–Kier alpha value is -2.75. The maximum Gasteiger partial charge on any atom is 0.271 e. The highest BCUT2D eigenvalue weighted by Gasteiger charge is 2.33. The lowest BCUT2D eigenvalue weighted by Crippen LogP contribution is -2.29. The van der Waals surface area contributed by atoms with Gasteiger partial charge >= 0.3 is 0 Å². The number of rotatable bonds is 5. The van der Waals surface area contributed by atoms with Crippen LogP contribution in [0, 0.1) is 9.49 Å². The van der Waals surface area contributed by atoms with E-state index >= 15 is 0 Å². The summed E-state index contributed by atoms with van der Waals surface area (Å²) in [5.74, 6) is -0.606. The highest BCUT2D eigenvalue weighted by molar-refractivity contribution is 14.1. The smallest absolute Gasteiger partial charge is 0.271 e. The number of amides is 2. The number of nitrogens with zero attached hydrogens (tertiary/aromatic N) is 3. The molecule has 7 nitrogen and oxygen atoms in total. The molecule has 138 valence electrons. The van der Waals surface area contributed by atoms with E-state index in [1.807, 2.05) is 18.2 Å². The van der Waals surface area contributed by atoms with Crippen molar-refractivity contribution in [1.29, 1.82) is 0 Å². The molecule has 1 aliphatic heterocycles. The van der Waals surface area contributed by atoms with E-state index in [9.17, 15) is 9.59 Å². The first kappa shape index (κ1) is 19.0. The number of hydrazone groups is 2. The van der Waals surface area contributed by atoms with Crippen LogP contribution in [0.1, 0.15) is 17.3 Å². The molecule has 1 atom stereocenters. The summed E-state index contributed by atoms with van der Waals surface area (Å²) < 4.78 is 6.11. The van der Waals surface area contributed by atoms with E-state index in [2.05, 4.69) is 38.2 Å². The number of para-hydroxylation sites is 1. The molecule has 0 fully saturated rings. The van der Waals surface area contributed by atoms with Crippen LogP contribution in [0.2, 0.25) is 0 Å². The normalized spacial score (nSPS) is 16.6. The molecule has 0 saturated carbocycles. The first-order chi connectivity index (χ1) is 13.0. The van der Waals surface area contributed by atoms with Crippen LogP contribution >= 0.6 is 22.6 Å². The van der Waals surface area contributed by atoms with Gasteiger partial charge in [0.1, 0.15) is 11.7 Å². The number of ether oxygens (including phenoxy) is 1. The highest BCUT2D eigenvalue weighted by atomic mass is 127. The lowest BCUT2D eigenvalue weighted by Gasteiger charge is -2.12. The quantitative estimate of drug-likeness (QED) is 0.409. The van der Waals surface area contributed by atoms with E-state index in [0.717, 1.165) is 3.57 Å². The number of hydrogen-bond acceptors (Lipinski definition) is 5. The molecule has 0 radical (unpaired) electrons. The van der Waals surface area contributed by atoms with E-state index in [4.69, 9.17) is 4.74 Å². The summed E-state index contributed by atoms with van der Waals surface area (Å²) in [6.45, 7) is 1.75. The van der Waals surface area contributed by atoms with Crippen LogP contribution in [0.3, 0.4) is 0 Å². The van der Waals surface area contributed by atoms with Crippen molar-refractivity contribution in [2.75, 3.05) is 12.1 Å². The van der Waals surface area contributed by atoms with Crippen LogP contribution in [0.25, 0.3) is 0 Å². The van der Waals surface area contributed by atoms with Gasteiger partial charge in [0.2, 0.25) is 0 Å². The molecule has 0 bridgehead atoms. The zero-order valence-electron chi connectivity index (χ0n) is 14.7. The number of nitrogens with one attached hydrogen (secondary N) is 1. The third kappa shape index (κ3) is 4.16. The second kappa shape index (κ2) is 8.30. The van der Waals surface area contributed by atoms with Crippen molar-refractivity contribution in [2.24, 2.45) is 16.1 Å². The van der Waals surface area contributed by atoms with Crippen LogP contribution in [-0.2, 0) is 4.79 Å². The fourth-order valence-electron chi connectivity index (χ4n) is 2.54. The molecule has 2 aromatic carbocycles. The zero-order chi connectivity index (χ0) is 19.4. The number of carbonyl (C=O) groups excluding carboxylic acids is 2. The first-order valence-electron chi connectivity index (χ1n) is 8.12. The minimum Gasteiger partial charge on any atom is -0.496 e. The number of anilines is 1. The van der Waals surface area contributed by atoms with Gasteiger partial charge in [0.25, 0.3) is 11.8 Å². The lowest BCUT2D eigenvalue weighted by atomic mass is 10.1. The zero-order valence-corrected chi connectivity index (χ0v) is 16.9. The van der Waals surface area contributed by atoms with Gasteiger partial charge in [-0.05, 0) is 59.8 Å². The largest absolute Gasteiger partial charge is 0.496 e. The summed E-state index contributed by atoms with van der Waals surface area (Å²) in [4.78, 5) is 24.8. The first-order valence-corrected chi connectivity index (χ1v) is 9.20. The molecule has 1 aliphatic rings. The third-order valence-corrected chi connectivity index (χ3v) is 4.88. The Balaban J connectivity index is 1.67. The van der Waals surface area contributed by atoms with E-state index in [0.29, 0.717) is 22.7 Å². The Bertz CT molecular complexity index is 928. The van der Waals surface area contributed by atoms with E-state index in [1.54, 1.807) is 44.4 Å². The van der Waals surface area contributed by atoms with Crippen molar-refractivity contribution in [2.45, 2.75) is 6.92 Å². The van der Waals surface area contributed by atoms with E-state index in [1.165, 1.54) is 11.2 Å². The molecule has 8 heteroatoms. The van der Waals surface area contributed by atoms with Gasteiger partial charge in [0.15, 0.2) is 0 Å². The Kier molecular flexibility index (Phi) is 5.84. The highest BCUT2D eigenvalue weighted by Crippen LogP contribution is 2.23. The molecule has 1 unspecified atom stereocenters. The molecule has 0 saturated heterocycles. The number of hydrogen-bond donors (Lipinski definition) is 1. The topological polar surface area (TPSA) is 83.4 Å². The van der Waals surface area contributed by atoms with Gasteiger partial charge in [-0.1, -0.05) is 18.2 Å². The average molecular weight is 476 g/mol. The van der Waals surface area contributed by atoms with Crippen LogP contribution < -0.4 is 15.2 Å². The fraction of sp³-hybridized carbons (Fsp3) is 0.158. The Morgan fingerprint density at radius 3 is 2.74 bits per heavy atom. The summed E-state index contributed by atoms with van der Waals surface area (Å²) in [7, 11) is 1.55. The Labute approximate surface area is 170 Å². The molecule has 1 N–H and O–H groups in total. The second-order valence-corrected chi connectivity index (χ2v) is 6.94. The van der Waals surface area contributed by atoms with Gasteiger partial charge < -0.3 is 4.74 Å². The van der Waals surface area contributed by atoms with Crippen LogP contribution in [-0.4, -0.2) is 30.9 Å². The molecule has 2 aromatic rings. The van der Waals surface area contributed by atoms with Crippen molar-refractivity contribution in [1.82, 2.24) is 5.43 Å². The lowest BCUT2D eigenvalue weighted by molar-refractivity contribution is -0.118. The summed E-state index contributed by atoms with van der Waals surface area (Å²) >= 11 is 2.12. The van der Waals surface area contributed by atoms with Gasteiger partial charge in [-0.15, -0.1) is 0 Å². The fourth-order valence-corrected chi connectivity index (χ4v) is 3.10. The molecule has 0 aromatic heterocycles. The van der Waals surface area contributed by atoms with Crippen molar-refractivity contribution in [3.63, 3.8) is 0 Å². The number of methoxy groups -OCH3 is 1. The second-order valence-electron chi connectivity index (χ2n) is 5.77. The summed E-state index contributed by atoms with van der Waals surface area (Å²) in [6, 6.07) is 14.3. The molecule has 2 amide bonds. The molecular formula is C19H17IN4O3. The van der Waals surface area contributed by atoms with Crippen LogP contribution in [0.5, 0.6) is 5.75 Å². The number of carbonyl (C=O) groups is 2. The number of halogens is 1.